The minimum Gasteiger partial charge on any atom is -0.476 e. The van der Waals surface area contributed by atoms with E-state index in [1.165, 1.54) is 28.4 Å². The van der Waals surface area contributed by atoms with E-state index in [0.29, 0.717) is 135 Å². The van der Waals surface area contributed by atoms with Crippen molar-refractivity contribution < 1.29 is 70.7 Å². The van der Waals surface area contributed by atoms with Crippen LogP contribution in [-0.4, -0.2) is 158 Å². The summed E-state index contributed by atoms with van der Waals surface area (Å²) in [6, 6.07) is 20.3. The van der Waals surface area contributed by atoms with Crippen LogP contribution in [0.15, 0.2) is 91.1 Å². The number of carbonyl (C=O) groups is 9. The molecule has 29 heteroatoms. The van der Waals surface area contributed by atoms with Crippen molar-refractivity contribution in [3.05, 3.63) is 130 Å². The van der Waals surface area contributed by atoms with Crippen molar-refractivity contribution in [3.63, 3.8) is 0 Å². The van der Waals surface area contributed by atoms with Gasteiger partial charge in [0, 0.05) is 112 Å². The van der Waals surface area contributed by atoms with E-state index in [1.807, 2.05) is 52.9 Å². The van der Waals surface area contributed by atoms with E-state index in [2.05, 4.69) is 53.1 Å². The van der Waals surface area contributed by atoms with Crippen molar-refractivity contribution in [1.82, 2.24) is 40.2 Å². The van der Waals surface area contributed by atoms with Crippen molar-refractivity contribution >= 4 is 102 Å². The summed E-state index contributed by atoms with van der Waals surface area (Å²) in [7, 11) is -2.37. The van der Waals surface area contributed by atoms with Gasteiger partial charge in [0.2, 0.25) is 11.8 Å². The van der Waals surface area contributed by atoms with Crippen molar-refractivity contribution in [2.24, 2.45) is 34.3 Å². The summed E-state index contributed by atoms with van der Waals surface area (Å²) in [5.41, 5.74) is 11.4. The molecule has 6 atom stereocenters. The number of thiazole rings is 1. The predicted octanol–water partition coefficient (Wildman–Crippen LogP) is 11.6. The molecule has 0 spiro atoms. The van der Waals surface area contributed by atoms with E-state index in [-0.39, 0.29) is 109 Å². The molecule has 8 amide bonds. The highest BCUT2D eigenvalue weighted by Gasteiger charge is 2.55. The van der Waals surface area contributed by atoms with Crippen LogP contribution in [0.25, 0.3) is 21.3 Å². The summed E-state index contributed by atoms with van der Waals surface area (Å²) in [6.07, 6.45) is 13.6. The normalized spacial score (nSPS) is 19.6. The number of ether oxygens (including phenoxy) is 2. The number of nitrogens with zero attached hydrogens (tertiary/aromatic N) is 7. The summed E-state index contributed by atoms with van der Waals surface area (Å²) in [6.45, 7) is 15.0. The van der Waals surface area contributed by atoms with Crippen molar-refractivity contribution in [3.8, 4) is 11.1 Å². The number of hydrogen-bond donors (Lipinski definition) is 7. The van der Waals surface area contributed by atoms with E-state index in [0.717, 1.165) is 69.6 Å². The molecular formula is C79H102N12O15S2. The molecule has 10 rings (SSSR count). The number of carboxylic acid groups (broad SMARTS) is 1. The number of unbranched alkanes of at least 4 members (excludes halogenated alkanes) is 4. The molecule has 2 saturated carbocycles. The Kier molecular flexibility index (Phi) is 26.8. The Morgan fingerprint density at radius 1 is 0.852 bits per heavy atom. The second kappa shape index (κ2) is 35.7. The average Bonchev–Trinajstić information content (AvgIpc) is 1.13. The number of carbonyl (C=O) groups excluding carboxylic acids is 8. The number of amides is 8. The number of para-hydroxylation sites is 1. The van der Waals surface area contributed by atoms with Gasteiger partial charge in [0.15, 0.2) is 16.6 Å². The zero-order chi connectivity index (χ0) is 77.7. The predicted molar refractivity (Wildman–Crippen MR) is 411 cm³/mol. The van der Waals surface area contributed by atoms with Gasteiger partial charge in [-0.15, -0.1) is 0 Å². The zero-order valence-corrected chi connectivity index (χ0v) is 64.4. The molecule has 2 bridgehead atoms. The molecule has 5 unspecified atom stereocenters. The number of urea groups is 1. The molecule has 5 heterocycles. The Balaban J connectivity index is 0.748. The first-order valence-electron chi connectivity index (χ1n) is 37.4. The standard InChI is InChI=1S/C79H102N12O15S2/c1-50(2)69(86-66(93)22-10-8-13-34-90-67(94)29-30-68(90)95)63(92)40-56(19-16-32-81-74(80)100)71(96)83-57-25-23-53(24-26-57)45-105-76(101)88(7)33-17-18-54-38-55-31-35-89(44-61(55)59(39-54)72(97)87-75-84-62-20-11-12-21-64(62)107-75)65-28-27-58(70(85-65)73(98)99)60-43-82-91(52(60)4)49-78(6)46-77(5)41-51(3)42-79(47-77,48-78)106-36-14-9-15-37-108(102,103)104/h11-12,20-21,23-30,38-39,43,50-51,56,69H,8-10,13-19,22,31-37,40-42,44-49H2,1-7H3,(H,83,96)(H,86,93)(H,98,99)(H3,80,81,100)(H,84,87,97)(H,102,103,104)/t51?,56-,69?,77?,78?,79?/m1/s1. The van der Waals surface area contributed by atoms with Gasteiger partial charge in [-0.25, -0.2) is 24.4 Å². The van der Waals surface area contributed by atoms with E-state index < -0.39 is 46.1 Å². The fraction of sp³-hybridized carbons (Fsp3) is 0.519. The van der Waals surface area contributed by atoms with Crippen LogP contribution < -0.4 is 31.9 Å². The molecule has 0 radical (unpaired) electrons. The number of nitrogens with one attached hydrogen (secondary N) is 4. The number of imide groups is 1. The minimum absolute atomic E-state index is 0.0258. The van der Waals surface area contributed by atoms with Crippen molar-refractivity contribution in [2.75, 3.05) is 61.1 Å². The van der Waals surface area contributed by atoms with Crippen LogP contribution in [0.5, 0.6) is 0 Å². The SMILES string of the molecule is Cc1c(-c2ccc(N3CCc4cc(CCCN(C)C(=O)OCc5ccc(NC(=O)[C@H](CCCNC(N)=O)CC(=O)C(NC(=O)CCCCCN6C(=O)C=CC6=O)C(C)C)cc5)cc(C(=O)Nc5nc6ccccc6s5)c4C3)nc2C(=O)O)cnn1CC1(C)CC2(C)CC(C)CC(OCCCCCS(=O)(=O)O)(C2)C1. The van der Waals surface area contributed by atoms with Crippen LogP contribution >= 0.6 is 11.3 Å². The molecular weight excluding hydrogens is 1420 g/mol. The Hall–Kier alpha value is -9.45. The average molecular weight is 1520 g/mol. The lowest BCUT2D eigenvalue weighted by Crippen LogP contribution is -2.55. The number of aromatic carboxylic acids is 1. The highest BCUT2D eigenvalue weighted by Crippen LogP contribution is 2.60. The van der Waals surface area contributed by atoms with Gasteiger partial charge in [-0.05, 0) is 184 Å². The maximum atomic E-state index is 14.6. The molecule has 3 aromatic heterocycles. The summed E-state index contributed by atoms with van der Waals surface area (Å²) in [5.74, 6) is -3.87. The van der Waals surface area contributed by atoms with Gasteiger partial charge in [-0.3, -0.25) is 48.2 Å². The molecule has 8 N–H and O–H groups in total. The molecule has 2 aliphatic heterocycles. The molecule has 2 fully saturated rings. The number of anilines is 3. The summed E-state index contributed by atoms with van der Waals surface area (Å²) >= 11 is 1.36. The molecule has 6 aromatic rings. The molecule has 27 nitrogen and oxygen atoms in total. The number of fused-ring (bicyclic) bond motifs is 4. The first-order chi connectivity index (χ1) is 51.3. The second-order valence-electron chi connectivity index (χ2n) is 30.9. The van der Waals surface area contributed by atoms with Gasteiger partial charge in [-0.1, -0.05) is 89.1 Å². The van der Waals surface area contributed by atoms with Crippen LogP contribution in [0.3, 0.4) is 0 Å². The fourth-order valence-electron chi connectivity index (χ4n) is 16.6. The number of primary amides is 1. The van der Waals surface area contributed by atoms with Crippen LogP contribution in [-0.2, 0) is 76.1 Å². The number of Topliss-reactive ketones (excluding diaryl/α,β-unsaturated/α-hetero) is 1. The first-order valence-corrected chi connectivity index (χ1v) is 39.9. The van der Waals surface area contributed by atoms with Gasteiger partial charge in [0.25, 0.3) is 27.8 Å². The van der Waals surface area contributed by atoms with Gasteiger partial charge in [-0.2, -0.15) is 13.5 Å². The molecule has 580 valence electrons. The summed E-state index contributed by atoms with van der Waals surface area (Å²) in [5, 5.41) is 27.5. The van der Waals surface area contributed by atoms with Gasteiger partial charge < -0.3 is 46.1 Å². The largest absolute Gasteiger partial charge is 0.476 e. The van der Waals surface area contributed by atoms with Crippen molar-refractivity contribution in [2.45, 2.75) is 188 Å². The highest BCUT2D eigenvalue weighted by atomic mass is 32.2. The number of ketones is 1. The number of hydrogen-bond acceptors (Lipinski definition) is 18. The highest BCUT2D eigenvalue weighted by molar-refractivity contribution is 7.85. The second-order valence-corrected chi connectivity index (χ2v) is 33.5. The number of nitrogens with two attached hydrogens (primary N) is 1. The van der Waals surface area contributed by atoms with Crippen LogP contribution in [0.2, 0.25) is 0 Å². The van der Waals surface area contributed by atoms with Gasteiger partial charge >= 0.3 is 18.1 Å². The lowest BCUT2D eigenvalue weighted by atomic mass is 9.51. The third-order valence-electron chi connectivity index (χ3n) is 21.1. The van der Waals surface area contributed by atoms with E-state index in [9.17, 15) is 61.2 Å². The number of benzene rings is 3. The van der Waals surface area contributed by atoms with Crippen LogP contribution in [0, 0.1) is 35.5 Å². The molecule has 108 heavy (non-hydrogen) atoms. The Bertz CT molecular complexity index is 4410. The van der Waals surface area contributed by atoms with E-state index in [4.69, 9.17) is 25.3 Å². The van der Waals surface area contributed by atoms with E-state index in [1.54, 1.807) is 57.4 Å². The lowest BCUT2D eigenvalue weighted by molar-refractivity contribution is -0.178. The topological polar surface area (TPSA) is 374 Å². The molecule has 3 aromatic carbocycles. The smallest absolute Gasteiger partial charge is 0.409 e. The number of carboxylic acids is 1. The van der Waals surface area contributed by atoms with Crippen LogP contribution in [0.4, 0.5) is 26.2 Å². The monoisotopic (exact) mass is 1520 g/mol. The van der Waals surface area contributed by atoms with Gasteiger partial charge in [0.05, 0.1) is 33.8 Å². The first kappa shape index (κ1) is 81.1. The maximum Gasteiger partial charge on any atom is 0.409 e. The lowest BCUT2D eigenvalue weighted by Gasteiger charge is -2.58. The fourth-order valence-corrected chi connectivity index (χ4v) is 18.1. The minimum atomic E-state index is -4.01. The summed E-state index contributed by atoms with van der Waals surface area (Å²) < 4.78 is 47.3. The van der Waals surface area contributed by atoms with Crippen molar-refractivity contribution in [1.29, 1.82) is 0 Å². The molecule has 4 aliphatic rings. The Labute approximate surface area is 634 Å². The Morgan fingerprint density at radius 3 is 2.32 bits per heavy atom. The maximum absolute atomic E-state index is 14.6. The van der Waals surface area contributed by atoms with Crippen LogP contribution in [0.1, 0.15) is 186 Å². The number of aromatic nitrogens is 4. The van der Waals surface area contributed by atoms with Gasteiger partial charge in [0.1, 0.15) is 12.4 Å². The molecule has 0 saturated heterocycles. The third-order valence-corrected chi connectivity index (χ3v) is 22.8. The Morgan fingerprint density at radius 2 is 1.60 bits per heavy atom. The zero-order valence-electron chi connectivity index (χ0n) is 62.8. The quantitative estimate of drug-likeness (QED) is 0.0108. The van der Waals surface area contributed by atoms with E-state index >= 15 is 0 Å². The number of aryl methyl sites for hydroxylation is 1. The third kappa shape index (κ3) is 21.7. The molecule has 2 aliphatic carbocycles. The number of pyridine rings is 1. The number of rotatable bonds is 37. The summed E-state index contributed by atoms with van der Waals surface area (Å²) in [4.78, 5) is 132.